The Balaban J connectivity index is 5.26. The lowest BCUT2D eigenvalue weighted by Crippen LogP contribution is -2.30. The molecule has 0 saturated carbocycles. The Hall–Kier alpha value is -1.94. The van der Waals surface area contributed by atoms with Crippen LogP contribution in [0.1, 0.15) is 363 Å². The summed E-state index contributed by atoms with van der Waals surface area (Å²) in [5, 5.41) is 10.6. The third kappa shape index (κ3) is 65.1. The summed E-state index contributed by atoms with van der Waals surface area (Å²) in [6, 6.07) is 0. The Morgan fingerprint density at radius 2 is 0.560 bits per heavy atom. The first-order valence-corrected chi connectivity index (χ1v) is 40.4. The highest BCUT2D eigenvalue weighted by Gasteiger charge is 2.30. The molecule has 0 rings (SSSR count). The third-order valence-corrected chi connectivity index (χ3v) is 18.9. The average Bonchev–Trinajstić information content (AvgIpc) is 3.24. The van der Waals surface area contributed by atoms with E-state index in [0.29, 0.717) is 31.6 Å². The molecule has 0 aliphatic carbocycles. The van der Waals surface area contributed by atoms with E-state index >= 15 is 0 Å². The number of aliphatic hydroxyl groups is 1. The molecule has 3 unspecified atom stereocenters. The number of unbranched alkanes of at least 4 members (excludes halogenated alkanes) is 37. The second-order valence-electron chi connectivity index (χ2n) is 27.2. The Bertz CT molecular complexity index is 1790. The van der Waals surface area contributed by atoms with Crippen LogP contribution in [-0.2, 0) is 65.4 Å². The maximum absolute atomic E-state index is 13.0. The van der Waals surface area contributed by atoms with Gasteiger partial charge in [0.25, 0.3) is 0 Å². The van der Waals surface area contributed by atoms with Crippen LogP contribution in [-0.4, -0.2) is 96.7 Å². The lowest BCUT2D eigenvalue weighted by Gasteiger charge is -2.21. The number of rotatable bonds is 70. The van der Waals surface area contributed by atoms with Gasteiger partial charge in [0.15, 0.2) is 12.2 Å². The van der Waals surface area contributed by atoms with E-state index in [1.165, 1.54) is 167 Å². The molecule has 0 aromatic carbocycles. The standard InChI is InChI=1S/C72H140O17P2/c1-8-10-11-12-13-14-15-16-17-18-25-32-39-46-53-69(74)82-59-67(88-72(77)56-49-42-34-27-22-20-24-31-38-45-52-65(7)9-2)61-86-90(78,79)84-57-66(73)58-85-91(80,81)87-62-68(60-83-70(75)54-47-40-35-28-30-37-44-51-64(5)6)89-71(76)55-48-41-33-26-21-19-23-29-36-43-50-63(3)4/h63-68,73H,8-62H2,1-7H3,(H,78,79)(H,80,81)/t65?,66-,67-,68-/m1/s1. The lowest BCUT2D eigenvalue weighted by atomic mass is 9.99. The van der Waals surface area contributed by atoms with Gasteiger partial charge in [-0.15, -0.1) is 0 Å². The number of ether oxygens (including phenoxy) is 4. The largest absolute Gasteiger partial charge is 0.472 e. The molecular formula is C72H140O17P2. The van der Waals surface area contributed by atoms with Crippen molar-refractivity contribution in [2.45, 2.75) is 381 Å². The zero-order valence-corrected chi connectivity index (χ0v) is 61.1. The number of esters is 4. The monoisotopic (exact) mass is 1340 g/mol. The molecule has 0 spiro atoms. The predicted molar refractivity (Wildman–Crippen MR) is 368 cm³/mol. The molecule has 0 aromatic rings. The number of carbonyl (C=O) groups excluding carboxylic acids is 4. The smallest absolute Gasteiger partial charge is 0.462 e. The number of hydrogen-bond donors (Lipinski definition) is 3. The number of hydrogen-bond acceptors (Lipinski definition) is 15. The van der Waals surface area contributed by atoms with Crippen molar-refractivity contribution >= 4 is 39.5 Å². The van der Waals surface area contributed by atoms with E-state index in [9.17, 15) is 43.2 Å². The van der Waals surface area contributed by atoms with Gasteiger partial charge in [-0.25, -0.2) is 9.13 Å². The minimum atomic E-state index is -4.95. The van der Waals surface area contributed by atoms with Gasteiger partial charge in [0.1, 0.15) is 19.3 Å². The Morgan fingerprint density at radius 3 is 0.835 bits per heavy atom. The zero-order chi connectivity index (χ0) is 67.3. The molecular weight excluding hydrogens is 1200 g/mol. The molecule has 17 nitrogen and oxygen atoms in total. The van der Waals surface area contributed by atoms with Crippen LogP contribution >= 0.6 is 15.6 Å². The molecule has 6 atom stereocenters. The maximum Gasteiger partial charge on any atom is 0.472 e. The fourth-order valence-corrected chi connectivity index (χ4v) is 12.4. The van der Waals surface area contributed by atoms with E-state index in [1.54, 1.807) is 0 Å². The van der Waals surface area contributed by atoms with E-state index in [0.717, 1.165) is 108 Å². The minimum Gasteiger partial charge on any atom is -0.462 e. The first-order valence-electron chi connectivity index (χ1n) is 37.4. The van der Waals surface area contributed by atoms with Crippen molar-refractivity contribution in [2.24, 2.45) is 17.8 Å². The van der Waals surface area contributed by atoms with Gasteiger partial charge in [0.05, 0.1) is 26.4 Å². The van der Waals surface area contributed by atoms with Gasteiger partial charge in [-0.2, -0.15) is 0 Å². The molecule has 0 radical (unpaired) electrons. The summed E-state index contributed by atoms with van der Waals surface area (Å²) >= 11 is 0. The highest BCUT2D eigenvalue weighted by Crippen LogP contribution is 2.45. The van der Waals surface area contributed by atoms with Crippen LogP contribution in [0, 0.1) is 17.8 Å². The molecule has 0 aromatic heterocycles. The zero-order valence-electron chi connectivity index (χ0n) is 59.3. The van der Waals surface area contributed by atoms with Gasteiger partial charge in [-0.05, 0) is 43.4 Å². The van der Waals surface area contributed by atoms with Crippen molar-refractivity contribution in [3.05, 3.63) is 0 Å². The Morgan fingerprint density at radius 1 is 0.319 bits per heavy atom. The van der Waals surface area contributed by atoms with E-state index in [-0.39, 0.29) is 25.7 Å². The molecule has 540 valence electrons. The van der Waals surface area contributed by atoms with Crippen molar-refractivity contribution in [1.82, 2.24) is 0 Å². The van der Waals surface area contributed by atoms with Crippen LogP contribution in [0.3, 0.4) is 0 Å². The fraction of sp³-hybridized carbons (Fsp3) is 0.944. The minimum absolute atomic E-state index is 0.105. The molecule has 0 aliphatic heterocycles. The topological polar surface area (TPSA) is 237 Å². The summed E-state index contributed by atoms with van der Waals surface area (Å²) < 4.78 is 68.4. The van der Waals surface area contributed by atoms with Crippen molar-refractivity contribution in [3.63, 3.8) is 0 Å². The van der Waals surface area contributed by atoms with E-state index in [2.05, 4.69) is 48.5 Å². The highest BCUT2D eigenvalue weighted by atomic mass is 31.2. The lowest BCUT2D eigenvalue weighted by molar-refractivity contribution is -0.161. The summed E-state index contributed by atoms with van der Waals surface area (Å²) in [6.07, 6.45) is 47.1. The number of aliphatic hydroxyl groups excluding tert-OH is 1. The molecule has 19 heteroatoms. The van der Waals surface area contributed by atoms with E-state index in [1.807, 2.05) is 0 Å². The van der Waals surface area contributed by atoms with Gasteiger partial charge < -0.3 is 33.8 Å². The van der Waals surface area contributed by atoms with Crippen molar-refractivity contribution in [3.8, 4) is 0 Å². The van der Waals surface area contributed by atoms with Crippen LogP contribution in [0.5, 0.6) is 0 Å². The summed E-state index contributed by atoms with van der Waals surface area (Å²) in [5.41, 5.74) is 0. The van der Waals surface area contributed by atoms with Crippen LogP contribution in [0.2, 0.25) is 0 Å². The number of phosphoric acid groups is 2. The number of phosphoric ester groups is 2. The molecule has 0 heterocycles. The molecule has 0 saturated heterocycles. The van der Waals surface area contributed by atoms with E-state index < -0.39 is 97.5 Å². The molecule has 91 heavy (non-hydrogen) atoms. The molecule has 3 N–H and O–H groups in total. The summed E-state index contributed by atoms with van der Waals surface area (Å²) in [4.78, 5) is 72.6. The van der Waals surface area contributed by atoms with Crippen molar-refractivity contribution in [2.75, 3.05) is 39.6 Å². The predicted octanol–water partition coefficient (Wildman–Crippen LogP) is 20.6. The van der Waals surface area contributed by atoms with Gasteiger partial charge in [0.2, 0.25) is 0 Å². The Labute approximate surface area is 556 Å². The van der Waals surface area contributed by atoms with Crippen LogP contribution in [0.4, 0.5) is 0 Å². The average molecular weight is 1340 g/mol. The SMILES string of the molecule is CCCCCCCCCCCCCCCCC(=O)OC[C@H](COP(=O)(O)OC[C@@H](O)COP(=O)(O)OC[C@@H](COC(=O)CCCCCCCCCC(C)C)OC(=O)CCCCCCCCCCCCC(C)C)OC(=O)CCCCCCCCCCCCC(C)CC. The van der Waals surface area contributed by atoms with Crippen LogP contribution in [0.15, 0.2) is 0 Å². The van der Waals surface area contributed by atoms with Crippen molar-refractivity contribution in [1.29, 1.82) is 0 Å². The molecule has 0 amide bonds. The molecule has 0 aliphatic rings. The van der Waals surface area contributed by atoms with Gasteiger partial charge in [-0.1, -0.05) is 312 Å². The maximum atomic E-state index is 13.0. The van der Waals surface area contributed by atoms with Crippen molar-refractivity contribution < 1.29 is 80.2 Å². The molecule has 0 fully saturated rings. The fourth-order valence-electron chi connectivity index (χ4n) is 10.9. The van der Waals surface area contributed by atoms with Crippen LogP contribution in [0.25, 0.3) is 0 Å². The quantitative estimate of drug-likeness (QED) is 0.0222. The normalized spacial score (nSPS) is 14.5. The first-order chi connectivity index (χ1) is 43.8. The van der Waals surface area contributed by atoms with E-state index in [4.69, 9.17) is 37.0 Å². The second-order valence-corrected chi connectivity index (χ2v) is 30.1. The summed E-state index contributed by atoms with van der Waals surface area (Å²) in [6.45, 7) is 11.8. The number of carbonyl (C=O) groups is 4. The van der Waals surface area contributed by atoms with Gasteiger partial charge >= 0.3 is 39.5 Å². The van der Waals surface area contributed by atoms with Gasteiger partial charge in [-0.3, -0.25) is 37.3 Å². The highest BCUT2D eigenvalue weighted by molar-refractivity contribution is 7.47. The second kappa shape index (κ2) is 62.8. The third-order valence-electron chi connectivity index (χ3n) is 17.0. The summed E-state index contributed by atoms with van der Waals surface area (Å²) in [7, 11) is -9.91. The summed E-state index contributed by atoms with van der Waals surface area (Å²) in [5.74, 6) is 0.137. The van der Waals surface area contributed by atoms with Gasteiger partial charge in [0, 0.05) is 25.7 Å². The first kappa shape index (κ1) is 89.1. The van der Waals surface area contributed by atoms with Crippen LogP contribution < -0.4 is 0 Å². The Kier molecular flexibility index (Phi) is 61.5. The molecule has 0 bridgehead atoms.